The lowest BCUT2D eigenvalue weighted by molar-refractivity contribution is -0.141. The van der Waals surface area contributed by atoms with Crippen molar-refractivity contribution in [2.75, 3.05) is 5.73 Å². The maximum absolute atomic E-state index is 11.6. The molecule has 2 aromatic rings. The Morgan fingerprint density at radius 1 is 1.29 bits per heavy atom. The third kappa shape index (κ3) is 1.80. The van der Waals surface area contributed by atoms with E-state index in [9.17, 15) is 9.90 Å². The number of rotatable bonds is 3. The van der Waals surface area contributed by atoms with E-state index in [0.717, 1.165) is 4.88 Å². The summed E-state index contributed by atoms with van der Waals surface area (Å²) < 4.78 is 0. The fourth-order valence-corrected chi connectivity index (χ4v) is 2.76. The van der Waals surface area contributed by atoms with Crippen molar-refractivity contribution < 1.29 is 9.90 Å². The molecule has 88 valence electrons. The monoisotopic (exact) mass is 247 g/mol. The Labute approximate surface area is 104 Å². The highest BCUT2D eigenvalue weighted by Crippen LogP contribution is 2.37. The van der Waals surface area contributed by atoms with Crippen LogP contribution in [0.25, 0.3) is 0 Å². The van der Waals surface area contributed by atoms with Gasteiger partial charge in [-0.2, -0.15) is 0 Å². The zero-order valence-electron chi connectivity index (χ0n) is 9.38. The lowest BCUT2D eigenvalue weighted by Crippen LogP contribution is -2.33. The molecule has 3 nitrogen and oxygen atoms in total. The minimum absolute atomic E-state index is 0.505. The topological polar surface area (TPSA) is 63.3 Å². The molecule has 0 spiro atoms. The SMILES string of the molecule is CC(C(=O)O)(c1cccs1)c1ccccc1N. The summed E-state index contributed by atoms with van der Waals surface area (Å²) >= 11 is 1.43. The average molecular weight is 247 g/mol. The van der Waals surface area contributed by atoms with Crippen LogP contribution in [0.1, 0.15) is 17.4 Å². The first-order valence-corrected chi connectivity index (χ1v) is 6.07. The Kier molecular flexibility index (Phi) is 2.90. The molecule has 0 aliphatic rings. The van der Waals surface area contributed by atoms with Gasteiger partial charge in [-0.15, -0.1) is 11.3 Å². The molecule has 2 rings (SSSR count). The van der Waals surface area contributed by atoms with Crippen LogP contribution in [0, 0.1) is 0 Å². The fraction of sp³-hybridized carbons (Fsp3) is 0.154. The quantitative estimate of drug-likeness (QED) is 0.820. The van der Waals surface area contributed by atoms with Crippen LogP contribution in [-0.2, 0) is 10.2 Å². The van der Waals surface area contributed by atoms with Crippen molar-refractivity contribution in [3.05, 3.63) is 52.2 Å². The number of hydrogen-bond acceptors (Lipinski definition) is 3. The number of carbonyl (C=O) groups is 1. The number of nitrogen functional groups attached to an aromatic ring is 1. The van der Waals surface area contributed by atoms with Crippen molar-refractivity contribution in [1.82, 2.24) is 0 Å². The number of hydrogen-bond donors (Lipinski definition) is 2. The van der Waals surface area contributed by atoms with Crippen molar-refractivity contribution in [1.29, 1.82) is 0 Å². The zero-order valence-corrected chi connectivity index (χ0v) is 10.2. The molecule has 0 fully saturated rings. The largest absolute Gasteiger partial charge is 0.480 e. The molecule has 1 heterocycles. The van der Waals surface area contributed by atoms with Crippen molar-refractivity contribution in [2.24, 2.45) is 0 Å². The summed E-state index contributed by atoms with van der Waals surface area (Å²) in [6.07, 6.45) is 0. The maximum atomic E-state index is 11.6. The zero-order chi connectivity index (χ0) is 12.5. The molecule has 1 aromatic carbocycles. The number of anilines is 1. The number of carboxylic acids is 1. The molecule has 3 N–H and O–H groups in total. The summed E-state index contributed by atoms with van der Waals surface area (Å²) in [6.45, 7) is 1.69. The van der Waals surface area contributed by atoms with Gasteiger partial charge in [0, 0.05) is 10.6 Å². The normalized spacial score (nSPS) is 14.2. The van der Waals surface area contributed by atoms with E-state index in [1.165, 1.54) is 11.3 Å². The maximum Gasteiger partial charge on any atom is 0.319 e. The lowest BCUT2D eigenvalue weighted by atomic mass is 9.80. The lowest BCUT2D eigenvalue weighted by Gasteiger charge is -2.25. The summed E-state index contributed by atoms with van der Waals surface area (Å²) in [6, 6.07) is 10.8. The number of nitrogens with two attached hydrogens (primary N) is 1. The number of benzene rings is 1. The molecule has 0 saturated carbocycles. The van der Waals surface area contributed by atoms with Crippen LogP contribution in [-0.4, -0.2) is 11.1 Å². The van der Waals surface area contributed by atoms with E-state index in [-0.39, 0.29) is 0 Å². The van der Waals surface area contributed by atoms with E-state index in [1.807, 2.05) is 17.5 Å². The molecule has 1 unspecified atom stereocenters. The third-order valence-electron chi connectivity index (χ3n) is 2.94. The second-order valence-corrected chi connectivity index (χ2v) is 4.94. The first kappa shape index (κ1) is 11.7. The number of para-hydroxylation sites is 1. The second kappa shape index (κ2) is 4.22. The van der Waals surface area contributed by atoms with Crippen LogP contribution in [0.2, 0.25) is 0 Å². The highest BCUT2D eigenvalue weighted by atomic mass is 32.1. The minimum atomic E-state index is -1.08. The summed E-state index contributed by atoms with van der Waals surface area (Å²) in [5.74, 6) is -0.891. The van der Waals surface area contributed by atoms with Gasteiger partial charge in [-0.3, -0.25) is 4.79 Å². The van der Waals surface area contributed by atoms with Crippen LogP contribution < -0.4 is 5.73 Å². The summed E-state index contributed by atoms with van der Waals surface area (Å²) in [5, 5.41) is 11.4. The van der Waals surface area contributed by atoms with Gasteiger partial charge < -0.3 is 10.8 Å². The van der Waals surface area contributed by atoms with Crippen LogP contribution in [0.5, 0.6) is 0 Å². The molecule has 17 heavy (non-hydrogen) atoms. The van der Waals surface area contributed by atoms with Crippen molar-refractivity contribution in [3.63, 3.8) is 0 Å². The van der Waals surface area contributed by atoms with E-state index < -0.39 is 11.4 Å². The predicted octanol–water partition coefficient (Wildman–Crippen LogP) is 2.72. The Bertz CT molecular complexity index is 536. The summed E-state index contributed by atoms with van der Waals surface area (Å²) in [4.78, 5) is 12.4. The molecule has 1 atom stereocenters. The fourth-order valence-electron chi connectivity index (χ4n) is 1.87. The molecule has 0 bridgehead atoms. The molecule has 1 aromatic heterocycles. The molecular weight excluding hydrogens is 234 g/mol. The van der Waals surface area contributed by atoms with E-state index in [2.05, 4.69) is 0 Å². The first-order chi connectivity index (χ1) is 8.06. The van der Waals surface area contributed by atoms with Gasteiger partial charge in [-0.1, -0.05) is 24.3 Å². The van der Waals surface area contributed by atoms with Gasteiger partial charge in [-0.05, 0) is 30.0 Å². The average Bonchev–Trinajstić information content (AvgIpc) is 2.82. The standard InChI is InChI=1S/C13H13NO2S/c1-13(12(15)16,11-7-4-8-17-11)9-5-2-3-6-10(9)14/h2-8H,14H2,1H3,(H,15,16). The molecule has 0 radical (unpaired) electrons. The Hall–Kier alpha value is -1.81. The van der Waals surface area contributed by atoms with Gasteiger partial charge in [0.15, 0.2) is 0 Å². The Morgan fingerprint density at radius 3 is 2.53 bits per heavy atom. The van der Waals surface area contributed by atoms with Gasteiger partial charge in [0.25, 0.3) is 0 Å². The number of carboxylic acid groups (broad SMARTS) is 1. The Morgan fingerprint density at radius 2 is 2.00 bits per heavy atom. The highest BCUT2D eigenvalue weighted by Gasteiger charge is 2.39. The molecular formula is C13H13NO2S. The first-order valence-electron chi connectivity index (χ1n) is 5.19. The molecule has 0 saturated heterocycles. The van der Waals surface area contributed by atoms with E-state index >= 15 is 0 Å². The minimum Gasteiger partial charge on any atom is -0.480 e. The third-order valence-corrected chi connectivity index (χ3v) is 4.03. The van der Waals surface area contributed by atoms with Gasteiger partial charge in [-0.25, -0.2) is 0 Å². The molecule has 0 aliphatic heterocycles. The summed E-state index contributed by atoms with van der Waals surface area (Å²) in [5.41, 5.74) is 5.95. The van der Waals surface area contributed by atoms with E-state index in [1.54, 1.807) is 31.2 Å². The Balaban J connectivity index is 2.65. The van der Waals surface area contributed by atoms with Gasteiger partial charge >= 0.3 is 5.97 Å². The van der Waals surface area contributed by atoms with Gasteiger partial charge in [0.1, 0.15) is 5.41 Å². The second-order valence-electron chi connectivity index (χ2n) is 3.99. The van der Waals surface area contributed by atoms with E-state index in [0.29, 0.717) is 11.3 Å². The number of thiophene rings is 1. The molecule has 0 amide bonds. The van der Waals surface area contributed by atoms with Crippen LogP contribution in [0.4, 0.5) is 5.69 Å². The van der Waals surface area contributed by atoms with Crippen molar-refractivity contribution in [3.8, 4) is 0 Å². The van der Waals surface area contributed by atoms with Crippen molar-refractivity contribution in [2.45, 2.75) is 12.3 Å². The van der Waals surface area contributed by atoms with Crippen LogP contribution in [0.3, 0.4) is 0 Å². The molecule has 4 heteroatoms. The molecule has 0 aliphatic carbocycles. The predicted molar refractivity (Wildman–Crippen MR) is 69.3 cm³/mol. The highest BCUT2D eigenvalue weighted by molar-refractivity contribution is 7.10. The van der Waals surface area contributed by atoms with Gasteiger partial charge in [0.2, 0.25) is 0 Å². The smallest absolute Gasteiger partial charge is 0.319 e. The van der Waals surface area contributed by atoms with Crippen molar-refractivity contribution >= 4 is 23.0 Å². The summed E-state index contributed by atoms with van der Waals surface area (Å²) in [7, 11) is 0. The van der Waals surface area contributed by atoms with Crippen LogP contribution in [0.15, 0.2) is 41.8 Å². The van der Waals surface area contributed by atoms with E-state index in [4.69, 9.17) is 5.73 Å². The van der Waals surface area contributed by atoms with Gasteiger partial charge in [0.05, 0.1) is 0 Å². The number of aliphatic carboxylic acids is 1. The van der Waals surface area contributed by atoms with Crippen LogP contribution >= 0.6 is 11.3 Å².